The first-order valence-electron chi connectivity index (χ1n) is 6.24. The quantitative estimate of drug-likeness (QED) is 0.702. The molecule has 0 aromatic heterocycles. The molecule has 0 saturated heterocycles. The summed E-state index contributed by atoms with van der Waals surface area (Å²) in [4.78, 5) is 0. The maximum absolute atomic E-state index is 12.0. The molecule has 1 saturated carbocycles. The molecule has 1 aliphatic carbocycles. The first kappa shape index (κ1) is 13.9. The van der Waals surface area contributed by atoms with E-state index in [1.165, 1.54) is 12.8 Å². The Balaban J connectivity index is 2.44. The maximum atomic E-state index is 12.0. The van der Waals surface area contributed by atoms with Gasteiger partial charge in [0.05, 0.1) is 5.75 Å². The molecular formula is C11H24N2O2S. The summed E-state index contributed by atoms with van der Waals surface area (Å²) in [7, 11) is -3.08. The molecule has 1 fully saturated rings. The van der Waals surface area contributed by atoms with Gasteiger partial charge < -0.3 is 5.32 Å². The van der Waals surface area contributed by atoms with E-state index in [0.29, 0.717) is 19.1 Å². The molecule has 0 bridgehead atoms. The van der Waals surface area contributed by atoms with Gasteiger partial charge in [0.1, 0.15) is 0 Å². The van der Waals surface area contributed by atoms with Crippen molar-refractivity contribution in [2.75, 3.05) is 18.8 Å². The third-order valence-electron chi connectivity index (χ3n) is 3.12. The normalized spacial score (nSPS) is 19.0. The monoisotopic (exact) mass is 248 g/mol. The zero-order valence-corrected chi connectivity index (χ0v) is 11.4. The number of rotatable bonds is 8. The highest BCUT2D eigenvalue weighted by Gasteiger charge is 2.26. The Bertz CT molecular complexity index is 299. The van der Waals surface area contributed by atoms with Crippen LogP contribution in [0.4, 0.5) is 0 Å². The smallest absolute Gasteiger partial charge is 0.215 e. The lowest BCUT2D eigenvalue weighted by Crippen LogP contribution is -2.41. The van der Waals surface area contributed by atoms with Gasteiger partial charge in [0.15, 0.2) is 0 Å². The Morgan fingerprint density at radius 2 is 2.00 bits per heavy atom. The minimum Gasteiger partial charge on any atom is -0.313 e. The molecule has 0 aliphatic heterocycles. The van der Waals surface area contributed by atoms with Gasteiger partial charge in [0, 0.05) is 25.2 Å². The number of hydrogen-bond acceptors (Lipinski definition) is 3. The van der Waals surface area contributed by atoms with Crippen LogP contribution in [0.5, 0.6) is 0 Å². The highest BCUT2D eigenvalue weighted by Crippen LogP contribution is 2.18. The van der Waals surface area contributed by atoms with Crippen LogP contribution in [0, 0.1) is 0 Å². The number of nitrogens with one attached hydrogen (secondary N) is 1. The van der Waals surface area contributed by atoms with Crippen LogP contribution in [0.3, 0.4) is 0 Å². The predicted molar refractivity (Wildman–Crippen MR) is 66.9 cm³/mol. The Kier molecular flexibility index (Phi) is 5.21. The van der Waals surface area contributed by atoms with Crippen LogP contribution in [0.25, 0.3) is 0 Å². The molecule has 0 radical (unpaired) electrons. The van der Waals surface area contributed by atoms with E-state index >= 15 is 0 Å². The summed E-state index contributed by atoms with van der Waals surface area (Å²) >= 11 is 0. The Labute approximate surface area is 99.5 Å². The van der Waals surface area contributed by atoms with Gasteiger partial charge in [-0.1, -0.05) is 13.8 Å². The Morgan fingerprint density at radius 3 is 2.44 bits per heavy atom. The highest BCUT2D eigenvalue weighted by molar-refractivity contribution is 7.89. The van der Waals surface area contributed by atoms with E-state index in [1.807, 2.05) is 20.8 Å². The van der Waals surface area contributed by atoms with Crippen molar-refractivity contribution in [1.82, 2.24) is 9.62 Å². The minimum absolute atomic E-state index is 0.107. The molecule has 0 aromatic carbocycles. The standard InChI is InChI=1S/C11H24N2O2S/c1-4-10(3)13(5-2)16(14,15)9-8-12-11-6-7-11/h10-12H,4-9H2,1-3H3. The first-order valence-corrected chi connectivity index (χ1v) is 7.85. The fourth-order valence-electron chi connectivity index (χ4n) is 1.78. The van der Waals surface area contributed by atoms with E-state index in [-0.39, 0.29) is 11.8 Å². The van der Waals surface area contributed by atoms with Crippen molar-refractivity contribution in [3.63, 3.8) is 0 Å². The molecule has 0 spiro atoms. The molecule has 1 N–H and O–H groups in total. The van der Waals surface area contributed by atoms with Gasteiger partial charge in [0.25, 0.3) is 0 Å². The molecule has 16 heavy (non-hydrogen) atoms. The lowest BCUT2D eigenvalue weighted by atomic mass is 10.3. The van der Waals surface area contributed by atoms with E-state index in [2.05, 4.69) is 5.32 Å². The van der Waals surface area contributed by atoms with Crippen molar-refractivity contribution in [3.8, 4) is 0 Å². The summed E-state index contributed by atoms with van der Waals surface area (Å²) in [6.45, 7) is 7.04. The Morgan fingerprint density at radius 1 is 1.38 bits per heavy atom. The molecular weight excluding hydrogens is 224 g/mol. The van der Waals surface area contributed by atoms with Crippen molar-refractivity contribution in [3.05, 3.63) is 0 Å². The van der Waals surface area contributed by atoms with E-state index in [4.69, 9.17) is 0 Å². The Hall–Kier alpha value is -0.130. The van der Waals surface area contributed by atoms with E-state index in [1.54, 1.807) is 4.31 Å². The molecule has 4 nitrogen and oxygen atoms in total. The molecule has 5 heteroatoms. The van der Waals surface area contributed by atoms with Crippen LogP contribution in [0.15, 0.2) is 0 Å². The van der Waals surface area contributed by atoms with Crippen molar-refractivity contribution < 1.29 is 8.42 Å². The topological polar surface area (TPSA) is 49.4 Å². The molecule has 1 atom stereocenters. The van der Waals surface area contributed by atoms with Gasteiger partial charge in [-0.2, -0.15) is 4.31 Å². The van der Waals surface area contributed by atoms with Gasteiger partial charge >= 0.3 is 0 Å². The van der Waals surface area contributed by atoms with E-state index in [0.717, 1.165) is 6.42 Å². The van der Waals surface area contributed by atoms with Gasteiger partial charge in [-0.3, -0.25) is 0 Å². The van der Waals surface area contributed by atoms with Crippen LogP contribution in [-0.2, 0) is 10.0 Å². The van der Waals surface area contributed by atoms with Gasteiger partial charge in [-0.25, -0.2) is 8.42 Å². The second-order valence-corrected chi connectivity index (χ2v) is 6.55. The molecule has 0 heterocycles. The largest absolute Gasteiger partial charge is 0.313 e. The average Bonchev–Trinajstić information content (AvgIpc) is 3.01. The van der Waals surface area contributed by atoms with Crippen molar-refractivity contribution >= 4 is 10.0 Å². The maximum Gasteiger partial charge on any atom is 0.215 e. The summed E-state index contributed by atoms with van der Waals surface area (Å²) < 4.78 is 25.7. The van der Waals surface area contributed by atoms with Crippen LogP contribution in [0.2, 0.25) is 0 Å². The van der Waals surface area contributed by atoms with Gasteiger partial charge in [-0.15, -0.1) is 0 Å². The van der Waals surface area contributed by atoms with Crippen LogP contribution < -0.4 is 5.32 Å². The average molecular weight is 248 g/mol. The first-order chi connectivity index (χ1) is 7.51. The number of hydrogen-bond donors (Lipinski definition) is 1. The fourth-order valence-corrected chi connectivity index (χ4v) is 3.48. The van der Waals surface area contributed by atoms with Crippen molar-refractivity contribution in [1.29, 1.82) is 0 Å². The number of nitrogens with zero attached hydrogens (tertiary/aromatic N) is 1. The summed E-state index contributed by atoms with van der Waals surface area (Å²) in [5.41, 5.74) is 0. The van der Waals surface area contributed by atoms with Crippen LogP contribution >= 0.6 is 0 Å². The van der Waals surface area contributed by atoms with E-state index < -0.39 is 10.0 Å². The molecule has 1 rings (SSSR count). The summed E-state index contributed by atoms with van der Waals surface area (Å²) in [5.74, 6) is 0.224. The predicted octanol–water partition coefficient (Wildman–Crippen LogP) is 1.19. The zero-order chi connectivity index (χ0) is 12.2. The summed E-state index contributed by atoms with van der Waals surface area (Å²) in [5, 5.41) is 3.24. The van der Waals surface area contributed by atoms with Crippen LogP contribution in [0.1, 0.15) is 40.0 Å². The highest BCUT2D eigenvalue weighted by atomic mass is 32.2. The van der Waals surface area contributed by atoms with Gasteiger partial charge in [0.2, 0.25) is 10.0 Å². The lowest BCUT2D eigenvalue weighted by molar-refractivity contribution is 0.342. The molecule has 0 aromatic rings. The van der Waals surface area contributed by atoms with E-state index in [9.17, 15) is 8.42 Å². The molecule has 1 aliphatic rings. The van der Waals surface area contributed by atoms with Crippen molar-refractivity contribution in [2.45, 2.75) is 52.1 Å². The second kappa shape index (κ2) is 5.98. The molecule has 96 valence electrons. The molecule has 0 amide bonds. The third kappa shape index (κ3) is 4.03. The fraction of sp³-hybridized carbons (Fsp3) is 1.00. The zero-order valence-electron chi connectivity index (χ0n) is 10.6. The molecule has 1 unspecified atom stereocenters. The lowest BCUT2D eigenvalue weighted by Gasteiger charge is -2.26. The van der Waals surface area contributed by atoms with Gasteiger partial charge in [-0.05, 0) is 26.2 Å². The third-order valence-corrected chi connectivity index (χ3v) is 5.17. The van der Waals surface area contributed by atoms with Crippen LogP contribution in [-0.4, -0.2) is 43.6 Å². The number of sulfonamides is 1. The summed E-state index contributed by atoms with van der Waals surface area (Å²) in [6, 6.07) is 0.685. The summed E-state index contributed by atoms with van der Waals surface area (Å²) in [6.07, 6.45) is 3.26. The van der Waals surface area contributed by atoms with Crippen molar-refractivity contribution in [2.24, 2.45) is 0 Å². The second-order valence-electron chi connectivity index (χ2n) is 4.51. The minimum atomic E-state index is -3.08. The SMILES string of the molecule is CCC(C)N(CC)S(=O)(=O)CCNC1CC1.